The Balaban J connectivity index is 0.00000180. The fraction of sp³-hybridized carbons (Fsp3) is 0.800. The Morgan fingerprint density at radius 3 is 2.63 bits per heavy atom. The minimum atomic E-state index is -4.17. The number of nitrogens with one attached hydrogen (secondary N) is 1. The molecule has 0 aliphatic carbocycles. The Hall–Kier alpha value is -0.890. The van der Waals surface area contributed by atoms with Gasteiger partial charge >= 0.3 is 6.18 Å². The van der Waals surface area contributed by atoms with Crippen molar-refractivity contribution in [1.82, 2.24) is 15.5 Å². The van der Waals surface area contributed by atoms with Gasteiger partial charge in [0.25, 0.3) is 0 Å². The average molecular weight is 304 g/mol. The highest BCUT2D eigenvalue weighted by Gasteiger charge is 2.29. The summed E-state index contributed by atoms with van der Waals surface area (Å²) in [6.07, 6.45) is -5.75. The monoisotopic (exact) mass is 303 g/mol. The topological polar surface area (TPSA) is 51.0 Å². The summed E-state index contributed by atoms with van der Waals surface area (Å²) in [5, 5.41) is 10.2. The molecule has 0 unspecified atom stereocenters. The lowest BCUT2D eigenvalue weighted by Crippen LogP contribution is -2.14. The van der Waals surface area contributed by atoms with E-state index in [4.69, 9.17) is 4.42 Å². The van der Waals surface area contributed by atoms with E-state index in [1.807, 2.05) is 0 Å². The third-order valence-electron chi connectivity index (χ3n) is 2.71. The molecule has 9 heteroatoms. The van der Waals surface area contributed by atoms with Gasteiger partial charge in [-0.25, -0.2) is 4.39 Å². The summed E-state index contributed by atoms with van der Waals surface area (Å²) in [6, 6.07) is -0.330. The van der Waals surface area contributed by atoms with E-state index in [2.05, 4.69) is 15.5 Å². The first-order chi connectivity index (χ1) is 8.44. The van der Waals surface area contributed by atoms with E-state index in [1.165, 1.54) is 0 Å². The second kappa shape index (κ2) is 6.51. The minimum Gasteiger partial charge on any atom is -0.424 e. The van der Waals surface area contributed by atoms with Gasteiger partial charge in [-0.3, -0.25) is 0 Å². The lowest BCUT2D eigenvalue weighted by molar-refractivity contribution is -0.135. The van der Waals surface area contributed by atoms with Crippen molar-refractivity contribution in [3.05, 3.63) is 11.8 Å². The second-order valence-corrected chi connectivity index (χ2v) is 4.30. The smallest absolute Gasteiger partial charge is 0.389 e. The normalized spacial score (nSPS) is 23.4. The number of nitrogens with zero attached hydrogens (tertiary/aromatic N) is 2. The number of alkyl halides is 4. The minimum absolute atomic E-state index is 0. The van der Waals surface area contributed by atoms with Gasteiger partial charge in [0.1, 0.15) is 6.17 Å². The quantitative estimate of drug-likeness (QED) is 0.869. The molecule has 2 rings (SSSR count). The lowest BCUT2D eigenvalue weighted by atomic mass is 10.2. The predicted octanol–water partition coefficient (Wildman–Crippen LogP) is 2.75. The van der Waals surface area contributed by atoms with Crippen molar-refractivity contribution < 1.29 is 22.0 Å². The van der Waals surface area contributed by atoms with Gasteiger partial charge in [-0.1, -0.05) is 0 Å². The molecule has 19 heavy (non-hydrogen) atoms. The maximum Gasteiger partial charge on any atom is 0.389 e. The van der Waals surface area contributed by atoms with Gasteiger partial charge in [0.2, 0.25) is 11.8 Å². The first-order valence-electron chi connectivity index (χ1n) is 5.70. The maximum atomic E-state index is 12.9. The molecule has 1 aromatic rings. The average Bonchev–Trinajstić information content (AvgIpc) is 2.85. The molecule has 1 N–H and O–H groups in total. The van der Waals surface area contributed by atoms with Crippen LogP contribution in [0, 0.1) is 0 Å². The Bertz CT molecular complexity index is 398. The van der Waals surface area contributed by atoms with Crippen molar-refractivity contribution >= 4 is 12.4 Å². The molecule has 1 aromatic heterocycles. The van der Waals surface area contributed by atoms with Crippen LogP contribution in [0.15, 0.2) is 4.42 Å². The van der Waals surface area contributed by atoms with Crippen LogP contribution in [0.4, 0.5) is 17.6 Å². The highest BCUT2D eigenvalue weighted by atomic mass is 35.5. The first-order valence-corrected chi connectivity index (χ1v) is 5.70. The van der Waals surface area contributed by atoms with Crippen LogP contribution in [-0.2, 0) is 6.42 Å². The van der Waals surface area contributed by atoms with Gasteiger partial charge in [0.15, 0.2) is 0 Å². The number of aromatic nitrogens is 2. The molecule has 0 saturated carbocycles. The summed E-state index contributed by atoms with van der Waals surface area (Å²) in [7, 11) is 0. The number of rotatable bonds is 4. The van der Waals surface area contributed by atoms with Gasteiger partial charge in [-0.15, -0.1) is 22.6 Å². The van der Waals surface area contributed by atoms with Crippen molar-refractivity contribution in [3.63, 3.8) is 0 Å². The molecule has 0 radical (unpaired) electrons. The van der Waals surface area contributed by atoms with Crippen LogP contribution in [0.25, 0.3) is 0 Å². The highest BCUT2D eigenvalue weighted by molar-refractivity contribution is 5.85. The molecule has 0 bridgehead atoms. The van der Waals surface area contributed by atoms with E-state index in [1.54, 1.807) is 0 Å². The summed E-state index contributed by atoms with van der Waals surface area (Å²) in [5.74, 6) is 0.413. The van der Waals surface area contributed by atoms with E-state index < -0.39 is 18.8 Å². The fourth-order valence-electron chi connectivity index (χ4n) is 1.83. The molecule has 0 spiro atoms. The Morgan fingerprint density at radius 2 is 2.05 bits per heavy atom. The van der Waals surface area contributed by atoms with Crippen LogP contribution in [-0.4, -0.2) is 29.1 Å². The van der Waals surface area contributed by atoms with Crippen LogP contribution in [0.2, 0.25) is 0 Å². The van der Waals surface area contributed by atoms with Crippen LogP contribution in [0.3, 0.4) is 0 Å². The zero-order valence-electron chi connectivity index (χ0n) is 9.91. The summed E-state index contributed by atoms with van der Waals surface area (Å²) in [5.41, 5.74) is 0. The molecule has 110 valence electrons. The Kier molecular flexibility index (Phi) is 5.54. The van der Waals surface area contributed by atoms with Crippen LogP contribution >= 0.6 is 12.4 Å². The summed E-state index contributed by atoms with van der Waals surface area (Å²) in [4.78, 5) is 0. The van der Waals surface area contributed by atoms with Crippen LogP contribution in [0.1, 0.15) is 37.1 Å². The van der Waals surface area contributed by atoms with E-state index in [9.17, 15) is 17.6 Å². The maximum absolute atomic E-state index is 12.9. The fourth-order valence-corrected chi connectivity index (χ4v) is 1.83. The number of halogens is 5. The molecule has 1 fully saturated rings. The number of aryl methyl sites for hydroxylation is 1. The highest BCUT2D eigenvalue weighted by Crippen LogP contribution is 2.25. The summed E-state index contributed by atoms with van der Waals surface area (Å²) in [6.45, 7) is 0.233. The Labute approximate surface area is 113 Å². The van der Waals surface area contributed by atoms with E-state index in [-0.39, 0.29) is 56.0 Å². The van der Waals surface area contributed by atoms with Gasteiger partial charge < -0.3 is 9.73 Å². The standard InChI is InChI=1S/C10H13F4N3O.ClH/c11-6-4-7(15-5-6)9-17-16-8(18-9)2-1-3-10(12,13)14;/h6-7,15H,1-5H2;1H/t6-,7+;/m1./s1. The largest absolute Gasteiger partial charge is 0.424 e. The van der Waals surface area contributed by atoms with Crippen molar-refractivity contribution in [3.8, 4) is 0 Å². The van der Waals surface area contributed by atoms with Gasteiger partial charge in [-0.2, -0.15) is 13.2 Å². The zero-order chi connectivity index (χ0) is 13.2. The molecule has 1 saturated heterocycles. The summed E-state index contributed by atoms with van der Waals surface area (Å²) < 4.78 is 53.9. The second-order valence-electron chi connectivity index (χ2n) is 4.30. The van der Waals surface area contributed by atoms with Gasteiger partial charge in [0, 0.05) is 25.8 Å². The third-order valence-corrected chi connectivity index (χ3v) is 2.71. The Morgan fingerprint density at radius 1 is 1.32 bits per heavy atom. The molecule has 1 aliphatic rings. The molecule has 1 aliphatic heterocycles. The molecular formula is C10H14ClF4N3O. The van der Waals surface area contributed by atoms with E-state index in [0.717, 1.165) is 0 Å². The molecule has 0 amide bonds. The van der Waals surface area contributed by atoms with Crippen molar-refractivity contribution in [2.75, 3.05) is 6.54 Å². The van der Waals surface area contributed by atoms with Crippen LogP contribution in [0.5, 0.6) is 0 Å². The predicted molar refractivity (Wildman–Crippen MR) is 60.8 cm³/mol. The molecule has 2 atom stereocenters. The van der Waals surface area contributed by atoms with E-state index >= 15 is 0 Å². The SMILES string of the molecule is Cl.F[C@H]1CN[C@H](c2nnc(CCCC(F)(F)F)o2)C1. The zero-order valence-corrected chi connectivity index (χ0v) is 10.7. The molecule has 4 nitrogen and oxygen atoms in total. The number of hydrogen-bond acceptors (Lipinski definition) is 4. The third kappa shape index (κ3) is 4.94. The van der Waals surface area contributed by atoms with E-state index in [0.29, 0.717) is 0 Å². The van der Waals surface area contributed by atoms with Crippen LogP contribution < -0.4 is 5.32 Å². The summed E-state index contributed by atoms with van der Waals surface area (Å²) >= 11 is 0. The van der Waals surface area contributed by atoms with Crippen molar-refractivity contribution in [1.29, 1.82) is 0 Å². The van der Waals surface area contributed by atoms with Gasteiger partial charge in [0.05, 0.1) is 6.04 Å². The van der Waals surface area contributed by atoms with Crippen molar-refractivity contribution in [2.45, 2.75) is 44.1 Å². The van der Waals surface area contributed by atoms with Gasteiger partial charge in [-0.05, 0) is 6.42 Å². The number of hydrogen-bond donors (Lipinski definition) is 1. The molecular weight excluding hydrogens is 290 g/mol. The molecule has 0 aromatic carbocycles. The molecule has 2 heterocycles. The lowest BCUT2D eigenvalue weighted by Gasteiger charge is -2.04. The first kappa shape index (κ1) is 16.2. The van der Waals surface area contributed by atoms with Crippen molar-refractivity contribution in [2.24, 2.45) is 0 Å².